The number of aromatic nitrogens is 2. The fourth-order valence-corrected chi connectivity index (χ4v) is 3.11. The van der Waals surface area contributed by atoms with Gasteiger partial charge in [0.2, 0.25) is 0 Å². The number of methoxy groups -OCH3 is 2. The monoisotopic (exact) mass is 345 g/mol. The summed E-state index contributed by atoms with van der Waals surface area (Å²) in [5.74, 6) is -0.918. The lowest BCUT2D eigenvalue weighted by molar-refractivity contribution is 0.0608. The molecule has 6 nitrogen and oxygen atoms in total. The second kappa shape index (κ2) is 7.67. The fourth-order valence-electron chi connectivity index (χ4n) is 3.11. The molecule has 0 spiro atoms. The van der Waals surface area contributed by atoms with Crippen molar-refractivity contribution in [3.63, 3.8) is 0 Å². The molecule has 132 valence electrons. The smallest absolute Gasteiger partial charge is 0.257 e. The van der Waals surface area contributed by atoms with E-state index in [4.69, 9.17) is 9.47 Å². The largest absolute Gasteiger partial charge is 0.383 e. The maximum Gasteiger partial charge on any atom is 0.257 e. The first-order chi connectivity index (χ1) is 12.1. The molecule has 1 aromatic heterocycles. The number of likely N-dealkylation sites (tertiary alicyclic amines) is 1. The molecule has 3 rings (SSSR count). The quantitative estimate of drug-likeness (QED) is 0.831. The molecule has 1 aliphatic rings. The van der Waals surface area contributed by atoms with Gasteiger partial charge in [0.25, 0.3) is 5.91 Å². The molecule has 1 saturated heterocycles. The fraction of sp³-hybridized carbons (Fsp3) is 0.389. The van der Waals surface area contributed by atoms with E-state index in [0.29, 0.717) is 30.7 Å². The number of ether oxygens (including phenoxy) is 2. The molecule has 1 aromatic carbocycles. The molecule has 0 saturated carbocycles. The van der Waals surface area contributed by atoms with Crippen LogP contribution in [0.1, 0.15) is 16.8 Å². The van der Waals surface area contributed by atoms with E-state index in [2.05, 4.69) is 9.97 Å². The molecule has 1 fully saturated rings. The molecule has 7 heteroatoms. The van der Waals surface area contributed by atoms with E-state index in [1.807, 2.05) is 0 Å². The van der Waals surface area contributed by atoms with Crippen molar-refractivity contribution in [3.8, 4) is 11.1 Å². The van der Waals surface area contributed by atoms with Gasteiger partial charge in [-0.1, -0.05) is 6.07 Å². The summed E-state index contributed by atoms with van der Waals surface area (Å²) in [6.45, 7) is 0.823. The van der Waals surface area contributed by atoms with Crippen molar-refractivity contribution in [2.45, 2.75) is 18.6 Å². The highest BCUT2D eigenvalue weighted by molar-refractivity contribution is 5.95. The lowest BCUT2D eigenvalue weighted by Gasteiger charge is -2.24. The number of benzene rings is 1. The van der Waals surface area contributed by atoms with Crippen molar-refractivity contribution in [2.24, 2.45) is 0 Å². The molecule has 2 heterocycles. The van der Waals surface area contributed by atoms with Crippen LogP contribution in [-0.2, 0) is 9.47 Å². The Morgan fingerprint density at radius 2 is 2.04 bits per heavy atom. The molecule has 0 aliphatic carbocycles. The van der Waals surface area contributed by atoms with Crippen LogP contribution < -0.4 is 0 Å². The summed E-state index contributed by atoms with van der Waals surface area (Å²) in [7, 11) is 3.19. The van der Waals surface area contributed by atoms with Crippen molar-refractivity contribution in [1.82, 2.24) is 14.9 Å². The van der Waals surface area contributed by atoms with Gasteiger partial charge in [-0.25, -0.2) is 14.4 Å². The number of carbonyl (C=O) groups is 1. The maximum absolute atomic E-state index is 14.6. The van der Waals surface area contributed by atoms with Crippen LogP contribution in [0, 0.1) is 5.82 Å². The summed E-state index contributed by atoms with van der Waals surface area (Å²) < 4.78 is 25.1. The molecular weight excluding hydrogens is 325 g/mol. The van der Waals surface area contributed by atoms with Crippen LogP contribution in [0.4, 0.5) is 4.39 Å². The van der Waals surface area contributed by atoms with Crippen LogP contribution in [0.3, 0.4) is 0 Å². The maximum atomic E-state index is 14.6. The van der Waals surface area contributed by atoms with Crippen molar-refractivity contribution in [2.75, 3.05) is 27.4 Å². The zero-order valence-electron chi connectivity index (χ0n) is 14.2. The van der Waals surface area contributed by atoms with E-state index in [1.54, 1.807) is 37.6 Å². The molecular formula is C18H20FN3O3. The van der Waals surface area contributed by atoms with Gasteiger partial charge in [-0.2, -0.15) is 0 Å². The van der Waals surface area contributed by atoms with Crippen molar-refractivity contribution >= 4 is 5.91 Å². The van der Waals surface area contributed by atoms with Crippen LogP contribution in [0.2, 0.25) is 0 Å². The summed E-state index contributed by atoms with van der Waals surface area (Å²) in [4.78, 5) is 22.3. The highest BCUT2D eigenvalue weighted by atomic mass is 19.1. The zero-order valence-corrected chi connectivity index (χ0v) is 14.2. The second-order valence-corrected chi connectivity index (χ2v) is 5.98. The predicted octanol–water partition coefficient (Wildman–Crippen LogP) is 2.16. The Morgan fingerprint density at radius 1 is 1.28 bits per heavy atom. The molecule has 0 radical (unpaired) electrons. The first-order valence-corrected chi connectivity index (χ1v) is 8.01. The minimum Gasteiger partial charge on any atom is -0.383 e. The number of nitrogens with zero attached hydrogens (tertiary/aromatic N) is 3. The Bertz CT molecular complexity index is 742. The summed E-state index contributed by atoms with van der Waals surface area (Å²) >= 11 is 0. The van der Waals surface area contributed by atoms with Crippen LogP contribution in [0.5, 0.6) is 0 Å². The molecule has 1 aliphatic heterocycles. The predicted molar refractivity (Wildman–Crippen MR) is 89.5 cm³/mol. The van der Waals surface area contributed by atoms with E-state index < -0.39 is 5.82 Å². The normalized spacial score (nSPS) is 20.0. The lowest BCUT2D eigenvalue weighted by atomic mass is 10.1. The summed E-state index contributed by atoms with van der Waals surface area (Å²) in [5.41, 5.74) is 1.36. The highest BCUT2D eigenvalue weighted by Gasteiger charge is 2.36. The number of rotatable bonds is 5. The van der Waals surface area contributed by atoms with Crippen molar-refractivity contribution < 1.29 is 18.7 Å². The number of hydrogen-bond donors (Lipinski definition) is 0. The summed E-state index contributed by atoms with van der Waals surface area (Å²) in [6.07, 6.45) is 5.22. The van der Waals surface area contributed by atoms with Gasteiger partial charge in [-0.05, 0) is 24.1 Å². The number of halogens is 1. The third-order valence-corrected chi connectivity index (χ3v) is 4.42. The van der Waals surface area contributed by atoms with E-state index in [1.165, 1.54) is 18.5 Å². The Labute approximate surface area is 145 Å². The molecule has 25 heavy (non-hydrogen) atoms. The number of hydrogen-bond acceptors (Lipinski definition) is 5. The van der Waals surface area contributed by atoms with E-state index >= 15 is 0 Å². The Balaban J connectivity index is 1.84. The average Bonchev–Trinajstić information content (AvgIpc) is 3.05. The Kier molecular flexibility index (Phi) is 5.35. The van der Waals surface area contributed by atoms with Gasteiger partial charge in [-0.15, -0.1) is 0 Å². The molecule has 2 atom stereocenters. The number of carbonyl (C=O) groups excluding carboxylic acids is 1. The van der Waals surface area contributed by atoms with E-state index in [9.17, 15) is 9.18 Å². The van der Waals surface area contributed by atoms with E-state index in [0.717, 1.165) is 0 Å². The molecule has 0 unspecified atom stereocenters. The minimum absolute atomic E-state index is 0.0402. The Hall–Kier alpha value is -2.38. The van der Waals surface area contributed by atoms with Gasteiger partial charge in [0, 0.05) is 38.7 Å². The SMILES string of the molecule is COC[C@@H]1C[C@@H](OC)CN1C(=O)c1ccc(-c2cncnc2)cc1F. The van der Waals surface area contributed by atoms with Gasteiger partial charge >= 0.3 is 0 Å². The van der Waals surface area contributed by atoms with Gasteiger partial charge in [0.1, 0.15) is 12.1 Å². The standard InChI is InChI=1S/C18H20FN3O3/c1-24-10-14-6-15(25-2)9-22(14)18(23)16-4-3-12(5-17(16)19)13-7-20-11-21-8-13/h3-5,7-8,11,14-15H,6,9-10H2,1-2H3/t14-,15+/m0/s1. The van der Waals surface area contributed by atoms with Gasteiger partial charge < -0.3 is 14.4 Å². The van der Waals surface area contributed by atoms with Crippen molar-refractivity contribution in [1.29, 1.82) is 0 Å². The van der Waals surface area contributed by atoms with Gasteiger partial charge in [0.15, 0.2) is 0 Å². The van der Waals surface area contributed by atoms with Crippen LogP contribution in [-0.4, -0.2) is 60.3 Å². The third kappa shape index (κ3) is 3.67. The summed E-state index contributed by atoms with van der Waals surface area (Å²) in [5, 5.41) is 0. The topological polar surface area (TPSA) is 64.6 Å². The highest BCUT2D eigenvalue weighted by Crippen LogP contribution is 2.26. The molecule has 2 aromatic rings. The lowest BCUT2D eigenvalue weighted by Crippen LogP contribution is -2.38. The molecule has 0 bridgehead atoms. The van der Waals surface area contributed by atoms with Crippen LogP contribution >= 0.6 is 0 Å². The van der Waals surface area contributed by atoms with Crippen LogP contribution in [0.25, 0.3) is 11.1 Å². The van der Waals surface area contributed by atoms with E-state index in [-0.39, 0.29) is 23.6 Å². The zero-order chi connectivity index (χ0) is 17.8. The third-order valence-electron chi connectivity index (χ3n) is 4.42. The summed E-state index contributed by atoms with van der Waals surface area (Å²) in [6, 6.07) is 4.42. The average molecular weight is 345 g/mol. The molecule has 1 amide bonds. The number of amides is 1. The van der Waals surface area contributed by atoms with Gasteiger partial charge in [0.05, 0.1) is 24.3 Å². The first kappa shape index (κ1) is 17.4. The van der Waals surface area contributed by atoms with Gasteiger partial charge in [-0.3, -0.25) is 4.79 Å². The minimum atomic E-state index is -0.566. The first-order valence-electron chi connectivity index (χ1n) is 8.01. The second-order valence-electron chi connectivity index (χ2n) is 5.98. The molecule has 0 N–H and O–H groups in total. The van der Waals surface area contributed by atoms with Crippen molar-refractivity contribution in [3.05, 3.63) is 48.3 Å². The Morgan fingerprint density at radius 3 is 2.68 bits per heavy atom. The van der Waals surface area contributed by atoms with Crippen LogP contribution in [0.15, 0.2) is 36.9 Å².